The van der Waals surface area contributed by atoms with Crippen molar-refractivity contribution in [1.29, 1.82) is 0 Å². The number of anilines is 1. The molecule has 1 aromatic carbocycles. The van der Waals surface area contributed by atoms with Gasteiger partial charge in [-0.15, -0.1) is 0 Å². The van der Waals surface area contributed by atoms with Gasteiger partial charge in [-0.1, -0.05) is 29.6 Å². The summed E-state index contributed by atoms with van der Waals surface area (Å²) in [6.45, 7) is 0.649. The Balaban J connectivity index is 2.08. The van der Waals surface area contributed by atoms with Crippen LogP contribution in [0.3, 0.4) is 0 Å². The van der Waals surface area contributed by atoms with E-state index in [4.69, 9.17) is 28.9 Å². The third-order valence-corrected chi connectivity index (χ3v) is 5.78. The summed E-state index contributed by atoms with van der Waals surface area (Å²) in [5.41, 5.74) is 6.45. The Morgan fingerprint density at radius 1 is 1.47 bits per heavy atom. The van der Waals surface area contributed by atoms with E-state index >= 15 is 0 Å². The maximum absolute atomic E-state index is 12.2. The number of carbonyl (C=O) groups excluding carboxylic acids is 1. The van der Waals surface area contributed by atoms with Gasteiger partial charge in [0.1, 0.15) is 0 Å². The number of nitrogens with two attached hydrogens (primary N) is 1. The van der Waals surface area contributed by atoms with Gasteiger partial charge in [-0.25, -0.2) is 0 Å². The number of amides is 1. The Kier molecular flexibility index (Phi) is 4.54. The molecule has 1 aromatic rings. The Labute approximate surface area is 127 Å². The van der Waals surface area contributed by atoms with Crippen molar-refractivity contribution < 1.29 is 4.79 Å². The molecule has 3 N–H and O–H groups in total. The largest absolute Gasteiger partial charge is 0.399 e. The molecule has 1 fully saturated rings. The van der Waals surface area contributed by atoms with E-state index in [1.54, 1.807) is 6.07 Å². The number of hydrogen-bond donors (Lipinski definition) is 2. The van der Waals surface area contributed by atoms with E-state index in [0.29, 0.717) is 22.8 Å². The fraction of sp³-hybridized carbons (Fsp3) is 0.462. The minimum absolute atomic E-state index is 0.187. The molecule has 1 amide bonds. The van der Waals surface area contributed by atoms with Crippen LogP contribution in [-0.4, -0.2) is 23.5 Å². The molecule has 19 heavy (non-hydrogen) atoms. The van der Waals surface area contributed by atoms with Crippen LogP contribution in [0.15, 0.2) is 12.1 Å². The molecule has 1 aliphatic rings. The van der Waals surface area contributed by atoms with Crippen molar-refractivity contribution in [2.24, 2.45) is 0 Å². The highest BCUT2D eigenvalue weighted by Crippen LogP contribution is 2.42. The van der Waals surface area contributed by atoms with E-state index in [1.165, 1.54) is 12.5 Å². The molecule has 0 aromatic heterocycles. The lowest BCUT2D eigenvalue weighted by Gasteiger charge is -2.40. The number of carbonyl (C=O) groups is 1. The fourth-order valence-electron chi connectivity index (χ4n) is 2.14. The lowest BCUT2D eigenvalue weighted by Crippen LogP contribution is -2.45. The first-order valence-electron chi connectivity index (χ1n) is 6.05. The minimum Gasteiger partial charge on any atom is -0.399 e. The maximum atomic E-state index is 12.2. The molecule has 1 aliphatic carbocycles. The molecule has 0 saturated heterocycles. The number of nitrogen functional groups attached to an aromatic ring is 1. The second kappa shape index (κ2) is 5.81. The first-order chi connectivity index (χ1) is 8.97. The van der Waals surface area contributed by atoms with Crippen LogP contribution in [0.25, 0.3) is 0 Å². The minimum atomic E-state index is -0.223. The van der Waals surface area contributed by atoms with Crippen molar-refractivity contribution in [3.8, 4) is 0 Å². The number of benzene rings is 1. The second-order valence-corrected chi connectivity index (χ2v) is 6.85. The average Bonchev–Trinajstić information content (AvgIpc) is 2.32. The van der Waals surface area contributed by atoms with Gasteiger partial charge in [-0.2, -0.15) is 11.8 Å². The van der Waals surface area contributed by atoms with Crippen LogP contribution < -0.4 is 11.1 Å². The van der Waals surface area contributed by atoms with Gasteiger partial charge >= 0.3 is 0 Å². The molecule has 0 bridgehead atoms. The van der Waals surface area contributed by atoms with Crippen molar-refractivity contribution in [1.82, 2.24) is 5.32 Å². The van der Waals surface area contributed by atoms with Crippen molar-refractivity contribution >= 4 is 46.6 Å². The fourth-order valence-corrected chi connectivity index (χ4v) is 3.47. The summed E-state index contributed by atoms with van der Waals surface area (Å²) in [6, 6.07) is 3.09. The van der Waals surface area contributed by atoms with E-state index in [9.17, 15) is 4.79 Å². The molecule has 1 saturated carbocycles. The van der Waals surface area contributed by atoms with Gasteiger partial charge in [0, 0.05) is 17.0 Å². The topological polar surface area (TPSA) is 55.1 Å². The first-order valence-corrected chi connectivity index (χ1v) is 8.03. The van der Waals surface area contributed by atoms with Gasteiger partial charge in [0.15, 0.2) is 0 Å². The quantitative estimate of drug-likeness (QED) is 0.834. The van der Waals surface area contributed by atoms with Crippen LogP contribution in [0, 0.1) is 0 Å². The van der Waals surface area contributed by atoms with Crippen molar-refractivity contribution in [3.63, 3.8) is 0 Å². The molecule has 3 nitrogen and oxygen atoms in total. The van der Waals surface area contributed by atoms with Crippen molar-refractivity contribution in [2.45, 2.75) is 24.0 Å². The summed E-state index contributed by atoms with van der Waals surface area (Å²) in [4.78, 5) is 12.2. The van der Waals surface area contributed by atoms with Gasteiger partial charge in [-0.05, 0) is 31.2 Å². The van der Waals surface area contributed by atoms with Crippen LogP contribution in [0.2, 0.25) is 10.0 Å². The van der Waals surface area contributed by atoms with Crippen LogP contribution in [-0.2, 0) is 0 Å². The van der Waals surface area contributed by atoms with Crippen molar-refractivity contribution in [2.75, 3.05) is 18.5 Å². The third-order valence-electron chi connectivity index (χ3n) is 3.56. The predicted octanol–water partition coefficient (Wildman–Crippen LogP) is 3.59. The Morgan fingerprint density at radius 2 is 2.16 bits per heavy atom. The maximum Gasteiger partial charge on any atom is 0.252 e. The first kappa shape index (κ1) is 14.8. The van der Waals surface area contributed by atoms with E-state index in [1.807, 2.05) is 11.8 Å². The zero-order valence-electron chi connectivity index (χ0n) is 10.6. The number of hydrogen-bond acceptors (Lipinski definition) is 3. The molecular weight excluding hydrogens is 303 g/mol. The van der Waals surface area contributed by atoms with E-state index < -0.39 is 0 Å². The van der Waals surface area contributed by atoms with Crippen LogP contribution in [0.4, 0.5) is 5.69 Å². The smallest absolute Gasteiger partial charge is 0.252 e. The predicted molar refractivity (Wildman–Crippen MR) is 83.3 cm³/mol. The highest BCUT2D eigenvalue weighted by atomic mass is 35.5. The molecule has 0 atom stereocenters. The molecule has 6 heteroatoms. The molecule has 0 heterocycles. The molecule has 0 unspecified atom stereocenters. The molecule has 0 radical (unpaired) electrons. The summed E-state index contributed by atoms with van der Waals surface area (Å²) >= 11 is 13.8. The zero-order chi connectivity index (χ0) is 14.0. The zero-order valence-corrected chi connectivity index (χ0v) is 13.0. The highest BCUT2D eigenvalue weighted by Gasteiger charge is 2.36. The summed E-state index contributed by atoms with van der Waals surface area (Å²) < 4.78 is 0.187. The van der Waals surface area contributed by atoms with Crippen LogP contribution in [0.1, 0.15) is 29.6 Å². The van der Waals surface area contributed by atoms with Gasteiger partial charge < -0.3 is 11.1 Å². The summed E-state index contributed by atoms with van der Waals surface area (Å²) in [6.07, 6.45) is 5.58. The molecule has 0 aliphatic heterocycles. The van der Waals surface area contributed by atoms with E-state index in [-0.39, 0.29) is 15.7 Å². The normalized spacial score (nSPS) is 16.8. The van der Waals surface area contributed by atoms with Gasteiger partial charge in [0.05, 0.1) is 15.6 Å². The Hall–Kier alpha value is -0.580. The van der Waals surface area contributed by atoms with Gasteiger partial charge in [-0.3, -0.25) is 4.79 Å². The number of thioether (sulfide) groups is 1. The van der Waals surface area contributed by atoms with E-state index in [0.717, 1.165) is 12.8 Å². The lowest BCUT2D eigenvalue weighted by molar-refractivity contribution is 0.0944. The molecule has 0 spiro atoms. The third kappa shape index (κ3) is 3.12. The van der Waals surface area contributed by atoms with Crippen LogP contribution in [0.5, 0.6) is 0 Å². The monoisotopic (exact) mass is 318 g/mol. The summed E-state index contributed by atoms with van der Waals surface area (Å²) in [7, 11) is 0. The summed E-state index contributed by atoms with van der Waals surface area (Å²) in [5, 5.41) is 3.48. The second-order valence-electron chi connectivity index (χ2n) is 4.79. The summed E-state index contributed by atoms with van der Waals surface area (Å²) in [5.74, 6) is -0.223. The number of nitrogens with one attached hydrogen (secondary N) is 1. The number of rotatable bonds is 4. The SMILES string of the molecule is CSC1(CNC(=O)c2cc(N)cc(Cl)c2Cl)CCC1. The number of halogens is 2. The molecule has 104 valence electrons. The standard InChI is InChI=1S/C13H16Cl2N2OS/c1-19-13(3-2-4-13)7-17-12(18)9-5-8(16)6-10(14)11(9)15/h5-6H,2-4,7,16H2,1H3,(H,17,18). The molecule has 2 rings (SSSR count). The highest BCUT2D eigenvalue weighted by molar-refractivity contribution is 8.00. The van der Waals surface area contributed by atoms with Crippen LogP contribution >= 0.6 is 35.0 Å². The molecular formula is C13H16Cl2N2OS. The average molecular weight is 319 g/mol. The van der Waals surface area contributed by atoms with Gasteiger partial charge in [0.2, 0.25) is 0 Å². The van der Waals surface area contributed by atoms with Gasteiger partial charge in [0.25, 0.3) is 5.91 Å². The van der Waals surface area contributed by atoms with E-state index in [2.05, 4.69) is 11.6 Å². The Morgan fingerprint density at radius 3 is 2.68 bits per heavy atom. The Bertz CT molecular complexity index is 498. The van der Waals surface area contributed by atoms with Crippen molar-refractivity contribution in [3.05, 3.63) is 27.7 Å². The lowest BCUT2D eigenvalue weighted by atomic mass is 9.84.